The second-order valence-electron chi connectivity index (χ2n) is 6.38. The number of rotatable bonds is 9. The predicted octanol–water partition coefficient (Wildman–Crippen LogP) is 3.60. The molecule has 1 aromatic carbocycles. The maximum absolute atomic E-state index is 3.47. The van der Waals surface area contributed by atoms with Crippen LogP contribution in [0.2, 0.25) is 0 Å². The van der Waals surface area contributed by atoms with E-state index in [1.54, 1.807) is 0 Å². The van der Waals surface area contributed by atoms with Gasteiger partial charge in [0.25, 0.3) is 0 Å². The number of benzene rings is 1. The summed E-state index contributed by atoms with van der Waals surface area (Å²) in [7, 11) is 0. The van der Waals surface area contributed by atoms with Gasteiger partial charge in [-0.05, 0) is 49.9 Å². The molecule has 20 heavy (non-hydrogen) atoms. The summed E-state index contributed by atoms with van der Waals surface area (Å²) in [5.41, 5.74) is 2.90. The van der Waals surface area contributed by atoms with E-state index in [9.17, 15) is 0 Å². The van der Waals surface area contributed by atoms with Crippen molar-refractivity contribution in [1.82, 2.24) is 10.2 Å². The lowest BCUT2D eigenvalue weighted by Gasteiger charge is -2.21. The zero-order valence-electron chi connectivity index (χ0n) is 13.4. The third kappa shape index (κ3) is 5.26. The molecule has 0 aromatic heterocycles. The molecule has 0 bridgehead atoms. The molecule has 1 saturated carbocycles. The van der Waals surface area contributed by atoms with Gasteiger partial charge in [0.15, 0.2) is 0 Å². The van der Waals surface area contributed by atoms with Gasteiger partial charge in [0.2, 0.25) is 0 Å². The second-order valence-corrected chi connectivity index (χ2v) is 6.38. The number of nitrogens with one attached hydrogen (secondary N) is 1. The third-order valence-electron chi connectivity index (χ3n) is 3.95. The summed E-state index contributed by atoms with van der Waals surface area (Å²) in [6.07, 6.45) is 5.19. The average Bonchev–Trinajstić information content (AvgIpc) is 3.24. The largest absolute Gasteiger partial charge is 0.314 e. The Labute approximate surface area is 124 Å². The van der Waals surface area contributed by atoms with Crippen LogP contribution in [0.1, 0.15) is 51.2 Å². The van der Waals surface area contributed by atoms with Crippen LogP contribution in [-0.2, 0) is 13.0 Å². The van der Waals surface area contributed by atoms with E-state index in [-0.39, 0.29) is 0 Å². The van der Waals surface area contributed by atoms with E-state index in [0.717, 1.165) is 25.6 Å². The van der Waals surface area contributed by atoms with Gasteiger partial charge in [-0.15, -0.1) is 0 Å². The Bertz CT molecular complexity index is 379. The van der Waals surface area contributed by atoms with Gasteiger partial charge >= 0.3 is 0 Å². The minimum absolute atomic E-state index is 0.579. The van der Waals surface area contributed by atoms with Gasteiger partial charge in [0.1, 0.15) is 0 Å². The molecule has 1 aromatic rings. The molecule has 0 unspecified atom stereocenters. The Morgan fingerprint density at radius 3 is 2.35 bits per heavy atom. The van der Waals surface area contributed by atoms with E-state index in [2.05, 4.69) is 55.3 Å². The van der Waals surface area contributed by atoms with Gasteiger partial charge in [-0.3, -0.25) is 4.90 Å². The van der Waals surface area contributed by atoms with E-state index in [1.165, 1.54) is 36.9 Å². The molecule has 0 heterocycles. The standard InChI is InChI=1S/C18H30N2/c1-4-13-20(18-9-10-18)14-17-7-5-16(6-8-17)11-12-19-15(2)3/h5-8,15,18-19H,4,9-14H2,1-3H3. The fraction of sp³-hybridized carbons (Fsp3) is 0.667. The molecule has 0 atom stereocenters. The van der Waals surface area contributed by atoms with Gasteiger partial charge in [-0.1, -0.05) is 45.0 Å². The van der Waals surface area contributed by atoms with Crippen molar-refractivity contribution in [2.45, 2.75) is 65.1 Å². The molecule has 0 spiro atoms. The highest BCUT2D eigenvalue weighted by Crippen LogP contribution is 2.28. The van der Waals surface area contributed by atoms with Crippen LogP contribution in [0.25, 0.3) is 0 Å². The Hall–Kier alpha value is -0.860. The normalized spacial score (nSPS) is 15.2. The first kappa shape index (κ1) is 15.5. The highest BCUT2D eigenvalue weighted by atomic mass is 15.2. The van der Waals surface area contributed by atoms with Crippen molar-refractivity contribution in [2.24, 2.45) is 0 Å². The molecule has 0 saturated heterocycles. The zero-order valence-corrected chi connectivity index (χ0v) is 13.4. The number of hydrogen-bond donors (Lipinski definition) is 1. The first-order valence-electron chi connectivity index (χ1n) is 8.24. The van der Waals surface area contributed by atoms with E-state index >= 15 is 0 Å². The summed E-state index contributed by atoms with van der Waals surface area (Å²) in [5, 5.41) is 3.47. The second kappa shape index (κ2) is 7.80. The average molecular weight is 274 g/mol. The first-order valence-corrected chi connectivity index (χ1v) is 8.24. The molecular formula is C18H30N2. The number of nitrogens with zero attached hydrogens (tertiary/aromatic N) is 1. The lowest BCUT2D eigenvalue weighted by molar-refractivity contribution is 0.255. The van der Waals surface area contributed by atoms with Crippen LogP contribution in [0.15, 0.2) is 24.3 Å². The Kier molecular flexibility index (Phi) is 6.06. The lowest BCUT2D eigenvalue weighted by Crippen LogP contribution is -2.26. The molecule has 1 N–H and O–H groups in total. The van der Waals surface area contributed by atoms with E-state index in [0.29, 0.717) is 6.04 Å². The molecule has 1 aliphatic carbocycles. The maximum Gasteiger partial charge on any atom is 0.0236 e. The summed E-state index contributed by atoms with van der Waals surface area (Å²) < 4.78 is 0. The van der Waals surface area contributed by atoms with Gasteiger partial charge < -0.3 is 5.32 Å². The van der Waals surface area contributed by atoms with Crippen LogP contribution in [0, 0.1) is 0 Å². The SMILES string of the molecule is CCCN(Cc1ccc(CCNC(C)C)cc1)C1CC1. The fourth-order valence-electron chi connectivity index (χ4n) is 2.67. The highest BCUT2D eigenvalue weighted by molar-refractivity contribution is 5.23. The minimum atomic E-state index is 0.579. The third-order valence-corrected chi connectivity index (χ3v) is 3.95. The molecule has 1 aliphatic rings. The van der Waals surface area contributed by atoms with E-state index < -0.39 is 0 Å². The van der Waals surface area contributed by atoms with Crippen LogP contribution in [0.3, 0.4) is 0 Å². The zero-order chi connectivity index (χ0) is 14.4. The summed E-state index contributed by atoms with van der Waals surface area (Å²) in [4.78, 5) is 2.65. The predicted molar refractivity (Wildman–Crippen MR) is 87.0 cm³/mol. The molecule has 1 fully saturated rings. The minimum Gasteiger partial charge on any atom is -0.314 e. The van der Waals surface area contributed by atoms with Crippen LogP contribution in [0.4, 0.5) is 0 Å². The molecule has 2 nitrogen and oxygen atoms in total. The molecule has 112 valence electrons. The van der Waals surface area contributed by atoms with Crippen LogP contribution in [-0.4, -0.2) is 30.1 Å². The summed E-state index contributed by atoms with van der Waals surface area (Å²) in [5.74, 6) is 0. The lowest BCUT2D eigenvalue weighted by atomic mass is 10.1. The van der Waals surface area contributed by atoms with Crippen molar-refractivity contribution in [2.75, 3.05) is 13.1 Å². The monoisotopic (exact) mass is 274 g/mol. The molecule has 0 amide bonds. The summed E-state index contributed by atoms with van der Waals surface area (Å²) in [6.45, 7) is 10.1. The molecule has 2 rings (SSSR count). The maximum atomic E-state index is 3.47. The molecule has 2 heteroatoms. The van der Waals surface area contributed by atoms with Crippen molar-refractivity contribution >= 4 is 0 Å². The Morgan fingerprint density at radius 1 is 1.15 bits per heavy atom. The number of hydrogen-bond acceptors (Lipinski definition) is 2. The van der Waals surface area contributed by atoms with Crippen LogP contribution >= 0.6 is 0 Å². The van der Waals surface area contributed by atoms with Crippen molar-refractivity contribution in [1.29, 1.82) is 0 Å². The first-order chi connectivity index (χ1) is 9.69. The smallest absolute Gasteiger partial charge is 0.0236 e. The quantitative estimate of drug-likeness (QED) is 0.740. The summed E-state index contributed by atoms with van der Waals surface area (Å²) >= 11 is 0. The molecular weight excluding hydrogens is 244 g/mol. The van der Waals surface area contributed by atoms with Crippen molar-refractivity contribution < 1.29 is 0 Å². The summed E-state index contributed by atoms with van der Waals surface area (Å²) in [6, 6.07) is 10.7. The van der Waals surface area contributed by atoms with Gasteiger partial charge in [-0.2, -0.15) is 0 Å². The van der Waals surface area contributed by atoms with E-state index in [1.807, 2.05) is 0 Å². The molecule has 0 aliphatic heterocycles. The van der Waals surface area contributed by atoms with E-state index in [4.69, 9.17) is 0 Å². The van der Waals surface area contributed by atoms with Crippen molar-refractivity contribution in [3.63, 3.8) is 0 Å². The Morgan fingerprint density at radius 2 is 1.80 bits per heavy atom. The highest BCUT2D eigenvalue weighted by Gasteiger charge is 2.27. The topological polar surface area (TPSA) is 15.3 Å². The van der Waals surface area contributed by atoms with Crippen molar-refractivity contribution in [3.8, 4) is 0 Å². The van der Waals surface area contributed by atoms with Crippen molar-refractivity contribution in [3.05, 3.63) is 35.4 Å². The Balaban J connectivity index is 1.81. The van der Waals surface area contributed by atoms with Crippen LogP contribution < -0.4 is 5.32 Å². The van der Waals surface area contributed by atoms with Gasteiger partial charge in [0, 0.05) is 18.6 Å². The van der Waals surface area contributed by atoms with Crippen LogP contribution in [0.5, 0.6) is 0 Å². The molecule has 0 radical (unpaired) electrons. The van der Waals surface area contributed by atoms with Gasteiger partial charge in [0.05, 0.1) is 0 Å². The fourth-order valence-corrected chi connectivity index (χ4v) is 2.67. The van der Waals surface area contributed by atoms with Gasteiger partial charge in [-0.25, -0.2) is 0 Å².